The molecule has 0 radical (unpaired) electrons. The Morgan fingerprint density at radius 3 is 2.08 bits per heavy atom. The summed E-state index contributed by atoms with van der Waals surface area (Å²) in [5.41, 5.74) is 5.79. The predicted molar refractivity (Wildman–Crippen MR) is 148 cm³/mol. The number of ether oxygens (including phenoxy) is 2. The quantitative estimate of drug-likeness (QED) is 0.250. The predicted octanol–water partition coefficient (Wildman–Crippen LogP) is 6.89. The van der Waals surface area contributed by atoms with E-state index in [4.69, 9.17) is 9.47 Å². The summed E-state index contributed by atoms with van der Waals surface area (Å²) in [5, 5.41) is 8.11. The van der Waals surface area contributed by atoms with Crippen molar-refractivity contribution in [2.24, 2.45) is 0 Å². The fourth-order valence-corrected chi connectivity index (χ4v) is 4.85. The Balaban J connectivity index is 1.31. The summed E-state index contributed by atoms with van der Waals surface area (Å²) in [6, 6.07) is 35.4. The van der Waals surface area contributed by atoms with E-state index in [0.717, 1.165) is 40.6 Å². The molecule has 1 aromatic heterocycles. The highest BCUT2D eigenvalue weighted by Crippen LogP contribution is 2.40. The number of hydrogen-bond acceptors (Lipinski definition) is 5. The molecule has 190 valence electrons. The van der Waals surface area contributed by atoms with Crippen LogP contribution in [0.5, 0.6) is 11.5 Å². The van der Waals surface area contributed by atoms with Crippen molar-refractivity contribution in [3.8, 4) is 11.5 Å². The van der Waals surface area contributed by atoms with E-state index in [1.165, 1.54) is 11.1 Å². The lowest BCUT2D eigenvalue weighted by Gasteiger charge is -2.32. The van der Waals surface area contributed by atoms with Gasteiger partial charge in [-0.2, -0.15) is 10.1 Å². The third-order valence-electron chi connectivity index (χ3n) is 6.94. The number of anilines is 1. The van der Waals surface area contributed by atoms with Crippen LogP contribution in [0.15, 0.2) is 109 Å². The Hall–Kier alpha value is -4.58. The maximum Gasteiger partial charge on any atom is 0.222 e. The number of nitrogens with one attached hydrogen (secondary N) is 1. The van der Waals surface area contributed by atoms with E-state index in [1.54, 1.807) is 6.33 Å². The van der Waals surface area contributed by atoms with Crippen LogP contribution in [0.3, 0.4) is 0 Å². The molecule has 1 aliphatic heterocycles. The van der Waals surface area contributed by atoms with Crippen molar-refractivity contribution in [3.63, 3.8) is 0 Å². The molecule has 1 aliphatic rings. The molecule has 5 aromatic rings. The van der Waals surface area contributed by atoms with Crippen LogP contribution in [0.1, 0.15) is 46.3 Å². The lowest BCUT2D eigenvalue weighted by Crippen LogP contribution is -2.28. The largest absolute Gasteiger partial charge is 0.485 e. The van der Waals surface area contributed by atoms with Gasteiger partial charge in [0, 0.05) is 0 Å². The Bertz CT molecular complexity index is 1480. The van der Waals surface area contributed by atoms with Crippen LogP contribution in [-0.4, -0.2) is 14.8 Å². The number of fused-ring (bicyclic) bond motifs is 1. The first kappa shape index (κ1) is 23.8. The number of hydrogen-bond donors (Lipinski definition) is 1. The standard InChI is InChI=1S/C32H30N4O2/c1-23-12-14-26(15-13-23)28-19-29(36-32(35-28)33-22-34-36)27-16-17-30(37-20-24-8-4-2-5-9-24)31(18-27)38-21-25-10-6-3-7-11-25/h2-18,22,28-29H,19-21H2,1H3,(H,33,34,35)/t28-,29-/m1/s1. The van der Waals surface area contributed by atoms with Crippen molar-refractivity contribution in [2.45, 2.75) is 38.6 Å². The Morgan fingerprint density at radius 1 is 0.763 bits per heavy atom. The van der Waals surface area contributed by atoms with Crippen LogP contribution in [0.2, 0.25) is 0 Å². The van der Waals surface area contributed by atoms with E-state index in [2.05, 4.69) is 83.0 Å². The van der Waals surface area contributed by atoms with Gasteiger partial charge in [0.15, 0.2) is 11.5 Å². The van der Waals surface area contributed by atoms with Gasteiger partial charge in [0.1, 0.15) is 19.5 Å². The van der Waals surface area contributed by atoms with Crippen molar-refractivity contribution >= 4 is 5.95 Å². The van der Waals surface area contributed by atoms with E-state index < -0.39 is 0 Å². The van der Waals surface area contributed by atoms with Gasteiger partial charge >= 0.3 is 0 Å². The maximum absolute atomic E-state index is 6.35. The molecule has 2 atom stereocenters. The van der Waals surface area contributed by atoms with Gasteiger partial charge in [-0.05, 0) is 47.7 Å². The fraction of sp³-hybridized carbons (Fsp3) is 0.188. The molecule has 6 rings (SSSR count). The molecule has 0 saturated carbocycles. The molecule has 0 amide bonds. The lowest BCUT2D eigenvalue weighted by atomic mass is 9.93. The molecule has 1 N–H and O–H groups in total. The molecule has 6 nitrogen and oxygen atoms in total. The van der Waals surface area contributed by atoms with Crippen molar-refractivity contribution in [3.05, 3.63) is 137 Å². The van der Waals surface area contributed by atoms with E-state index in [9.17, 15) is 0 Å². The van der Waals surface area contributed by atoms with Gasteiger partial charge in [0.2, 0.25) is 5.95 Å². The first-order chi connectivity index (χ1) is 18.7. The molecule has 0 fully saturated rings. The van der Waals surface area contributed by atoms with Crippen molar-refractivity contribution in [2.75, 3.05) is 5.32 Å². The Kier molecular flexibility index (Phi) is 6.77. The minimum absolute atomic E-state index is 0.00213. The van der Waals surface area contributed by atoms with E-state index in [1.807, 2.05) is 47.1 Å². The van der Waals surface area contributed by atoms with Gasteiger partial charge < -0.3 is 14.8 Å². The van der Waals surface area contributed by atoms with Crippen LogP contribution in [0.4, 0.5) is 5.95 Å². The Labute approximate surface area is 222 Å². The van der Waals surface area contributed by atoms with Gasteiger partial charge in [0.25, 0.3) is 0 Å². The summed E-state index contributed by atoms with van der Waals surface area (Å²) in [7, 11) is 0. The number of nitrogens with zero attached hydrogens (tertiary/aromatic N) is 3. The van der Waals surface area contributed by atoms with Crippen molar-refractivity contribution in [1.82, 2.24) is 14.8 Å². The second-order valence-electron chi connectivity index (χ2n) is 9.64. The van der Waals surface area contributed by atoms with Gasteiger partial charge in [-0.25, -0.2) is 4.68 Å². The summed E-state index contributed by atoms with van der Waals surface area (Å²) in [6.45, 7) is 3.03. The van der Waals surface area contributed by atoms with Gasteiger partial charge in [0.05, 0.1) is 12.1 Å². The minimum Gasteiger partial charge on any atom is -0.485 e. The maximum atomic E-state index is 6.35. The molecule has 0 spiro atoms. The monoisotopic (exact) mass is 502 g/mol. The number of aryl methyl sites for hydroxylation is 1. The molecular weight excluding hydrogens is 472 g/mol. The van der Waals surface area contributed by atoms with Crippen LogP contribution >= 0.6 is 0 Å². The fourth-order valence-electron chi connectivity index (χ4n) is 4.85. The lowest BCUT2D eigenvalue weighted by molar-refractivity contribution is 0.255. The smallest absolute Gasteiger partial charge is 0.222 e. The van der Waals surface area contributed by atoms with Gasteiger partial charge in [-0.3, -0.25) is 0 Å². The molecule has 0 bridgehead atoms. The van der Waals surface area contributed by atoms with E-state index in [0.29, 0.717) is 13.2 Å². The molecular formula is C32H30N4O2. The van der Waals surface area contributed by atoms with Crippen LogP contribution < -0.4 is 14.8 Å². The first-order valence-electron chi connectivity index (χ1n) is 12.9. The molecule has 0 unspecified atom stereocenters. The number of benzene rings is 4. The van der Waals surface area contributed by atoms with Gasteiger partial charge in [-0.15, -0.1) is 0 Å². The van der Waals surface area contributed by atoms with E-state index >= 15 is 0 Å². The van der Waals surface area contributed by atoms with Crippen molar-refractivity contribution in [1.29, 1.82) is 0 Å². The minimum atomic E-state index is 0.00213. The summed E-state index contributed by atoms with van der Waals surface area (Å²) in [6.07, 6.45) is 2.44. The molecule has 2 heterocycles. The molecule has 4 aromatic carbocycles. The number of aromatic nitrogens is 3. The first-order valence-corrected chi connectivity index (χ1v) is 12.9. The van der Waals surface area contributed by atoms with E-state index in [-0.39, 0.29) is 12.1 Å². The highest BCUT2D eigenvalue weighted by molar-refractivity contribution is 5.46. The second kappa shape index (κ2) is 10.8. The average molecular weight is 503 g/mol. The van der Waals surface area contributed by atoms with Gasteiger partial charge in [-0.1, -0.05) is 96.6 Å². The second-order valence-corrected chi connectivity index (χ2v) is 9.64. The van der Waals surface area contributed by atoms with Crippen LogP contribution in [0, 0.1) is 6.92 Å². The molecule has 0 aliphatic carbocycles. The third kappa shape index (κ3) is 5.25. The SMILES string of the molecule is Cc1ccc([C@H]2C[C@H](c3ccc(OCc4ccccc4)c(OCc4ccccc4)c3)n3ncnc3N2)cc1. The zero-order valence-corrected chi connectivity index (χ0v) is 21.3. The average Bonchev–Trinajstić information content (AvgIpc) is 3.45. The number of rotatable bonds is 8. The summed E-state index contributed by atoms with van der Waals surface area (Å²) >= 11 is 0. The summed E-state index contributed by atoms with van der Waals surface area (Å²) < 4.78 is 14.6. The molecule has 0 saturated heterocycles. The zero-order chi connectivity index (χ0) is 25.7. The highest BCUT2D eigenvalue weighted by Gasteiger charge is 2.30. The Morgan fingerprint density at radius 2 is 1.39 bits per heavy atom. The van der Waals surface area contributed by atoms with Crippen LogP contribution in [-0.2, 0) is 13.2 Å². The van der Waals surface area contributed by atoms with Crippen molar-refractivity contribution < 1.29 is 9.47 Å². The normalized spacial score (nSPS) is 16.3. The molecule has 6 heteroatoms. The zero-order valence-electron chi connectivity index (χ0n) is 21.3. The summed E-state index contributed by atoms with van der Waals surface area (Å²) in [5.74, 6) is 2.20. The summed E-state index contributed by atoms with van der Waals surface area (Å²) in [4.78, 5) is 4.49. The highest BCUT2D eigenvalue weighted by atomic mass is 16.5. The van der Waals surface area contributed by atoms with Crippen LogP contribution in [0.25, 0.3) is 0 Å². The third-order valence-corrected chi connectivity index (χ3v) is 6.94. The topological polar surface area (TPSA) is 61.2 Å². The molecule has 38 heavy (non-hydrogen) atoms.